The maximum atomic E-state index is 12.5. The number of rotatable bonds is 6. The van der Waals surface area contributed by atoms with E-state index in [4.69, 9.17) is 9.31 Å². The van der Waals surface area contributed by atoms with Gasteiger partial charge < -0.3 is 32.8 Å². The van der Waals surface area contributed by atoms with E-state index in [0.29, 0.717) is 17.3 Å². The maximum Gasteiger partial charge on any atom is 0.481 e. The summed E-state index contributed by atoms with van der Waals surface area (Å²) >= 11 is 0. The lowest BCUT2D eigenvalue weighted by Gasteiger charge is -2.60. The van der Waals surface area contributed by atoms with Gasteiger partial charge in [-0.3, -0.25) is 4.79 Å². The Morgan fingerprint density at radius 2 is 1.88 bits per heavy atom. The molecule has 1 heterocycles. The summed E-state index contributed by atoms with van der Waals surface area (Å²) in [4.78, 5) is 12.5. The molecule has 4 rings (SSSR count). The molecule has 4 fully saturated rings. The van der Waals surface area contributed by atoms with Gasteiger partial charge in [-0.25, -0.2) is 0 Å². The second-order valence-corrected chi connectivity index (χ2v) is 9.83. The molecule has 150 valence electrons. The topological polar surface area (TPSA) is 75.2 Å². The van der Waals surface area contributed by atoms with Crippen molar-refractivity contribution in [2.45, 2.75) is 85.0 Å². The van der Waals surface area contributed by atoms with E-state index in [2.05, 4.69) is 38.7 Å². The number of hydrogen-bond donors (Lipinski definition) is 2. The van der Waals surface area contributed by atoms with E-state index in [0.717, 1.165) is 18.8 Å². The Bertz CT molecular complexity index is 517. The smallest absolute Gasteiger partial charge is 0.481 e. The van der Waals surface area contributed by atoms with Crippen LogP contribution in [0.5, 0.6) is 0 Å². The van der Waals surface area contributed by atoms with Gasteiger partial charge in [-0.1, -0.05) is 41.5 Å². The monoisotopic (exact) mass is 386 g/mol. The molecule has 0 unspecified atom stereocenters. The first kappa shape index (κ1) is 22.0. The first-order valence-corrected chi connectivity index (χ1v) is 10.1. The Kier molecular flexibility index (Phi) is 6.75. The molecular weight excluding hydrogens is 350 g/mol. The average molecular weight is 387 g/mol. The Morgan fingerprint density at radius 3 is 2.42 bits per heavy atom. The van der Waals surface area contributed by atoms with Crippen LogP contribution in [-0.4, -0.2) is 37.2 Å². The molecular formula is C19H36BClN2O3. The van der Waals surface area contributed by atoms with Gasteiger partial charge in [0.1, 0.15) is 0 Å². The van der Waals surface area contributed by atoms with Crippen LogP contribution in [0.3, 0.4) is 0 Å². The molecule has 1 saturated heterocycles. The summed E-state index contributed by atoms with van der Waals surface area (Å²) < 4.78 is 12.7. The summed E-state index contributed by atoms with van der Waals surface area (Å²) in [7, 11) is -0.323. The molecule has 1 aliphatic heterocycles. The second kappa shape index (κ2) is 7.98. The van der Waals surface area contributed by atoms with Crippen molar-refractivity contribution in [3.63, 3.8) is 0 Å². The van der Waals surface area contributed by atoms with Crippen LogP contribution in [0, 0.1) is 29.1 Å². The number of quaternary nitrogens is 1. The van der Waals surface area contributed by atoms with Crippen LogP contribution in [0.2, 0.25) is 0 Å². The van der Waals surface area contributed by atoms with Gasteiger partial charge >= 0.3 is 7.12 Å². The third kappa shape index (κ3) is 3.94. The van der Waals surface area contributed by atoms with Crippen LogP contribution in [0.25, 0.3) is 0 Å². The number of halogens is 1. The summed E-state index contributed by atoms with van der Waals surface area (Å²) in [5.74, 6) is 1.94. The van der Waals surface area contributed by atoms with E-state index in [1.165, 1.54) is 6.42 Å². The van der Waals surface area contributed by atoms with Crippen LogP contribution in [0.15, 0.2) is 0 Å². The molecule has 0 aromatic rings. The fourth-order valence-electron chi connectivity index (χ4n) is 4.89. The van der Waals surface area contributed by atoms with Crippen molar-refractivity contribution >= 4 is 13.0 Å². The van der Waals surface area contributed by atoms with E-state index < -0.39 is 0 Å². The van der Waals surface area contributed by atoms with Gasteiger partial charge in [0.05, 0.1) is 18.1 Å². The van der Waals surface area contributed by atoms with Gasteiger partial charge in [-0.15, -0.1) is 0 Å². The molecule has 7 heteroatoms. The van der Waals surface area contributed by atoms with Crippen molar-refractivity contribution in [3.8, 4) is 0 Å². The van der Waals surface area contributed by atoms with Gasteiger partial charge in [-0.2, -0.15) is 0 Å². The summed E-state index contributed by atoms with van der Waals surface area (Å²) in [6, 6.07) is -0.245. The van der Waals surface area contributed by atoms with Crippen molar-refractivity contribution in [1.82, 2.24) is 5.32 Å². The number of hydrogen-bond acceptors (Lipinski definition) is 3. The van der Waals surface area contributed by atoms with E-state index >= 15 is 0 Å². The van der Waals surface area contributed by atoms with Crippen molar-refractivity contribution in [1.29, 1.82) is 0 Å². The SMILES string of the molecule is CC(C)C[C@H](NC(=O)[C@@H]([NH3+])C(C)C)B1O[C@H]2[C@H]3C[C@@H](C[C@H]2O1)C3(C)C.[Cl-]. The van der Waals surface area contributed by atoms with Crippen molar-refractivity contribution < 1.29 is 32.2 Å². The van der Waals surface area contributed by atoms with Crippen LogP contribution in [0.4, 0.5) is 0 Å². The zero-order valence-electron chi connectivity index (χ0n) is 17.1. The highest BCUT2D eigenvalue weighted by Crippen LogP contribution is 2.61. The number of carbonyl (C=O) groups excluding carboxylic acids is 1. The minimum Gasteiger partial charge on any atom is -1.00 e. The summed E-state index contributed by atoms with van der Waals surface area (Å²) in [6.07, 6.45) is 3.61. The van der Waals surface area contributed by atoms with E-state index in [9.17, 15) is 4.79 Å². The second-order valence-electron chi connectivity index (χ2n) is 9.83. The molecule has 3 aliphatic carbocycles. The molecule has 0 spiro atoms. The summed E-state index contributed by atoms with van der Waals surface area (Å²) in [5.41, 5.74) is 4.38. The third-order valence-electron chi connectivity index (χ3n) is 6.95. The predicted octanol–water partition coefficient (Wildman–Crippen LogP) is -1.33. The number of amides is 1. The van der Waals surface area contributed by atoms with Crippen LogP contribution in [0.1, 0.15) is 60.8 Å². The highest BCUT2D eigenvalue weighted by molar-refractivity contribution is 6.47. The van der Waals surface area contributed by atoms with Crippen LogP contribution in [-0.2, 0) is 14.1 Å². The minimum atomic E-state index is -0.323. The Morgan fingerprint density at radius 1 is 1.23 bits per heavy atom. The first-order chi connectivity index (χ1) is 11.6. The van der Waals surface area contributed by atoms with Crippen molar-refractivity contribution in [2.75, 3.05) is 0 Å². The molecule has 5 nitrogen and oxygen atoms in total. The zero-order chi connectivity index (χ0) is 18.5. The lowest BCUT2D eigenvalue weighted by atomic mass is 9.47. The number of nitrogens with one attached hydrogen (secondary N) is 1. The highest BCUT2D eigenvalue weighted by Gasteiger charge is 2.62. The van der Waals surface area contributed by atoms with Crippen molar-refractivity contribution in [2.24, 2.45) is 29.1 Å². The van der Waals surface area contributed by atoms with Gasteiger partial charge in [0.25, 0.3) is 5.91 Å². The summed E-state index contributed by atoms with van der Waals surface area (Å²) in [5, 5.41) is 3.18. The van der Waals surface area contributed by atoms with Gasteiger partial charge in [0, 0.05) is 5.92 Å². The molecule has 1 amide bonds. The minimum absolute atomic E-state index is 0. The van der Waals surface area contributed by atoms with Gasteiger partial charge in [0.2, 0.25) is 0 Å². The largest absolute Gasteiger partial charge is 1.00 e. The molecule has 3 saturated carbocycles. The fourth-order valence-corrected chi connectivity index (χ4v) is 4.89. The van der Waals surface area contributed by atoms with Crippen LogP contribution < -0.4 is 23.5 Å². The highest BCUT2D eigenvalue weighted by atomic mass is 35.5. The summed E-state index contributed by atoms with van der Waals surface area (Å²) in [6.45, 7) is 13.1. The molecule has 2 bridgehead atoms. The Balaban J connectivity index is 0.00000243. The van der Waals surface area contributed by atoms with Gasteiger partial charge in [0.15, 0.2) is 6.04 Å². The standard InChI is InChI=1S/C19H35BN2O3.ClH/c1-10(2)7-15(22-18(23)16(21)11(3)4)20-24-14-9-12-8-13(17(14)25-20)19(12,5)6;/h10-17H,7-9,21H2,1-6H3,(H,22,23);1H/t12-,13+,14+,15-,16-,17-;/m0./s1. The molecule has 0 aromatic carbocycles. The van der Waals surface area contributed by atoms with E-state index in [-0.39, 0.29) is 55.5 Å². The van der Waals surface area contributed by atoms with Gasteiger partial charge in [-0.05, 0) is 42.4 Å². The Hall–Kier alpha value is -0.295. The lowest BCUT2D eigenvalue weighted by Crippen LogP contribution is -3.00. The molecule has 4 aliphatic rings. The average Bonchev–Trinajstić information content (AvgIpc) is 2.96. The molecule has 0 aromatic heterocycles. The van der Waals surface area contributed by atoms with Crippen molar-refractivity contribution in [3.05, 3.63) is 0 Å². The molecule has 0 radical (unpaired) electrons. The molecule has 4 N–H and O–H groups in total. The van der Waals surface area contributed by atoms with E-state index in [1.54, 1.807) is 0 Å². The molecule has 6 atom stereocenters. The third-order valence-corrected chi connectivity index (χ3v) is 6.95. The molecule has 26 heavy (non-hydrogen) atoms. The zero-order valence-corrected chi connectivity index (χ0v) is 17.9. The predicted molar refractivity (Wildman–Crippen MR) is 98.4 cm³/mol. The number of carbonyl (C=O) groups is 1. The van der Waals surface area contributed by atoms with E-state index in [1.807, 2.05) is 13.8 Å². The fraction of sp³-hybridized carbons (Fsp3) is 0.947. The Labute approximate surface area is 165 Å². The maximum absolute atomic E-state index is 12.5. The lowest BCUT2D eigenvalue weighted by molar-refractivity contribution is -0.414. The van der Waals surface area contributed by atoms with Crippen LogP contribution >= 0.6 is 0 Å². The quantitative estimate of drug-likeness (QED) is 0.555. The normalized spacial score (nSPS) is 34.0. The first-order valence-electron chi connectivity index (χ1n) is 10.1.